The van der Waals surface area contributed by atoms with Crippen molar-refractivity contribution in [3.05, 3.63) is 43.8 Å². The van der Waals surface area contributed by atoms with E-state index in [1.54, 1.807) is 0 Å². The van der Waals surface area contributed by atoms with Crippen LogP contribution in [0.25, 0.3) is 0 Å². The molecular formula is C15H15Cl2N3O3S2. The number of halogens is 2. The smallest absolute Gasteiger partial charge is 0.273 e. The molecule has 2 aromatic heterocycles. The maximum atomic E-state index is 12.3. The van der Waals surface area contributed by atoms with Gasteiger partial charge in [0.15, 0.2) is 5.15 Å². The number of carbonyl (C=O) groups excluding carboxylic acids is 1. The van der Waals surface area contributed by atoms with Gasteiger partial charge < -0.3 is 0 Å². The highest BCUT2D eigenvalue weighted by Gasteiger charge is 2.23. The molecule has 0 bridgehead atoms. The van der Waals surface area contributed by atoms with Crippen LogP contribution in [0.15, 0.2) is 23.1 Å². The summed E-state index contributed by atoms with van der Waals surface area (Å²) >= 11 is 12.9. The molecule has 25 heavy (non-hydrogen) atoms. The highest BCUT2D eigenvalue weighted by Crippen LogP contribution is 2.32. The van der Waals surface area contributed by atoms with E-state index in [-0.39, 0.29) is 15.2 Å². The van der Waals surface area contributed by atoms with E-state index < -0.39 is 15.9 Å². The van der Waals surface area contributed by atoms with Gasteiger partial charge in [0.25, 0.3) is 15.9 Å². The molecule has 0 aliphatic heterocycles. The van der Waals surface area contributed by atoms with Crippen molar-refractivity contribution in [3.8, 4) is 0 Å². The number of thiophene rings is 1. The molecular weight excluding hydrogens is 405 g/mol. The number of pyridine rings is 1. The minimum atomic E-state index is -4.05. The van der Waals surface area contributed by atoms with Crippen LogP contribution >= 0.6 is 34.5 Å². The topological polar surface area (TPSA) is 88.2 Å². The Hall–Kier alpha value is -1.19. The fraction of sp³-hybridized carbons (Fsp3) is 0.333. The average Bonchev–Trinajstić information content (AvgIpc) is 2.95. The Balaban J connectivity index is 1.71. The summed E-state index contributed by atoms with van der Waals surface area (Å²) < 4.78 is 24.5. The Morgan fingerprint density at radius 2 is 2.12 bits per heavy atom. The van der Waals surface area contributed by atoms with Crippen molar-refractivity contribution in [3.63, 3.8) is 0 Å². The fourth-order valence-electron chi connectivity index (χ4n) is 2.65. The summed E-state index contributed by atoms with van der Waals surface area (Å²) in [6.45, 7) is 2.18. The minimum absolute atomic E-state index is 0.0754. The number of nitrogens with zero attached hydrogens (tertiary/aromatic N) is 1. The third-order valence-electron chi connectivity index (χ3n) is 3.92. The van der Waals surface area contributed by atoms with E-state index in [0.717, 1.165) is 19.3 Å². The van der Waals surface area contributed by atoms with Crippen LogP contribution in [-0.2, 0) is 22.9 Å². The van der Waals surface area contributed by atoms with Gasteiger partial charge in [-0.3, -0.25) is 10.2 Å². The third kappa shape index (κ3) is 4.15. The number of hydrazine groups is 1. The number of sulfonamides is 1. The lowest BCUT2D eigenvalue weighted by molar-refractivity contribution is 0.0949. The van der Waals surface area contributed by atoms with Gasteiger partial charge in [-0.05, 0) is 48.9 Å². The Kier molecular flexibility index (Phi) is 5.36. The van der Waals surface area contributed by atoms with E-state index in [4.69, 9.17) is 23.2 Å². The van der Waals surface area contributed by atoms with Crippen molar-refractivity contribution in [2.75, 3.05) is 0 Å². The van der Waals surface area contributed by atoms with Crippen LogP contribution in [0.3, 0.4) is 0 Å². The quantitative estimate of drug-likeness (QED) is 0.588. The zero-order chi connectivity index (χ0) is 18.2. The van der Waals surface area contributed by atoms with Gasteiger partial charge in [0.1, 0.15) is 10.0 Å². The van der Waals surface area contributed by atoms with Crippen LogP contribution in [0.1, 0.15) is 33.5 Å². The van der Waals surface area contributed by atoms with Crippen LogP contribution in [0.2, 0.25) is 10.3 Å². The van der Waals surface area contributed by atoms with Crippen LogP contribution in [-0.4, -0.2) is 19.3 Å². The Labute approximate surface area is 159 Å². The van der Waals surface area contributed by atoms with Crippen LogP contribution in [0.5, 0.6) is 0 Å². The maximum absolute atomic E-state index is 12.3. The van der Waals surface area contributed by atoms with Gasteiger partial charge in [-0.25, -0.2) is 13.4 Å². The summed E-state index contributed by atoms with van der Waals surface area (Å²) in [5.41, 5.74) is 3.38. The monoisotopic (exact) mass is 419 g/mol. The molecule has 2 aromatic rings. The largest absolute Gasteiger partial charge is 0.276 e. The van der Waals surface area contributed by atoms with Gasteiger partial charge in [0.2, 0.25) is 0 Å². The van der Waals surface area contributed by atoms with Gasteiger partial charge >= 0.3 is 0 Å². The lowest BCUT2D eigenvalue weighted by Crippen LogP contribution is -2.41. The number of amides is 1. The average molecular weight is 420 g/mol. The second-order valence-electron chi connectivity index (χ2n) is 5.89. The number of nitrogens with one attached hydrogen (secondary N) is 2. The second kappa shape index (κ2) is 7.20. The van der Waals surface area contributed by atoms with Crippen molar-refractivity contribution in [1.29, 1.82) is 0 Å². The molecule has 0 radical (unpaired) electrons. The molecule has 1 amide bonds. The second-order valence-corrected chi connectivity index (χ2v) is 9.42. The van der Waals surface area contributed by atoms with Gasteiger partial charge in [0, 0.05) is 4.88 Å². The fourth-order valence-corrected chi connectivity index (χ4v) is 5.25. The highest BCUT2D eigenvalue weighted by atomic mass is 35.5. The number of rotatable bonds is 4. The van der Waals surface area contributed by atoms with Crippen molar-refractivity contribution in [2.45, 2.75) is 31.1 Å². The normalized spacial score (nSPS) is 17.2. The molecule has 2 heterocycles. The molecule has 134 valence electrons. The van der Waals surface area contributed by atoms with E-state index in [1.165, 1.54) is 33.9 Å². The predicted molar refractivity (Wildman–Crippen MR) is 97.6 cm³/mol. The highest BCUT2D eigenvalue weighted by molar-refractivity contribution is 7.89. The van der Waals surface area contributed by atoms with Crippen LogP contribution < -0.4 is 10.3 Å². The van der Waals surface area contributed by atoms with Crippen molar-refractivity contribution in [2.24, 2.45) is 5.92 Å². The number of hydrogen-bond donors (Lipinski definition) is 2. The summed E-state index contributed by atoms with van der Waals surface area (Å²) in [5.74, 6) is 0.0877. The summed E-state index contributed by atoms with van der Waals surface area (Å²) in [5, 5.41) is -0.193. The molecule has 6 nitrogen and oxygen atoms in total. The molecule has 0 saturated carbocycles. The summed E-state index contributed by atoms with van der Waals surface area (Å²) in [4.78, 5) is 19.4. The van der Waals surface area contributed by atoms with Gasteiger partial charge in [-0.2, -0.15) is 0 Å². The predicted octanol–water partition coefficient (Wildman–Crippen LogP) is 3.20. The van der Waals surface area contributed by atoms with E-state index in [9.17, 15) is 13.2 Å². The van der Waals surface area contributed by atoms with E-state index in [0.29, 0.717) is 10.8 Å². The third-order valence-corrected chi connectivity index (χ3v) is 7.05. The standard InChI is InChI=1S/C15H15Cl2N3O3S2/c1-8-2-3-10-9(6-8)7-11(24-10)15(21)19-20-25(22,23)12-4-5-13(16)18-14(12)17/h4-5,7-8,20H,2-3,6H2,1H3,(H,19,21). The maximum Gasteiger partial charge on any atom is 0.276 e. The van der Waals surface area contributed by atoms with Crippen molar-refractivity contribution in [1.82, 2.24) is 15.2 Å². The molecule has 3 rings (SSSR count). The zero-order valence-electron chi connectivity index (χ0n) is 13.2. The molecule has 1 unspecified atom stereocenters. The van der Waals surface area contributed by atoms with Crippen molar-refractivity contribution >= 4 is 50.5 Å². The molecule has 0 fully saturated rings. The van der Waals surface area contributed by atoms with Gasteiger partial charge in [-0.1, -0.05) is 30.1 Å². The first-order valence-corrected chi connectivity index (χ1v) is 10.6. The Morgan fingerprint density at radius 1 is 1.36 bits per heavy atom. The molecule has 2 N–H and O–H groups in total. The van der Waals surface area contributed by atoms with Gasteiger partial charge in [0.05, 0.1) is 4.88 Å². The summed E-state index contributed by atoms with van der Waals surface area (Å²) in [7, 11) is -4.05. The SMILES string of the molecule is CC1CCc2sc(C(=O)NNS(=O)(=O)c3ccc(Cl)nc3Cl)cc2C1. The first kappa shape index (κ1) is 18.6. The number of aryl methyl sites for hydroxylation is 1. The molecule has 1 aliphatic carbocycles. The summed E-state index contributed by atoms with van der Waals surface area (Å²) in [6, 6.07) is 4.35. The minimum Gasteiger partial charge on any atom is -0.273 e. The van der Waals surface area contributed by atoms with E-state index in [1.807, 2.05) is 10.9 Å². The number of fused-ring (bicyclic) bond motifs is 1. The molecule has 0 aromatic carbocycles. The summed E-state index contributed by atoms with van der Waals surface area (Å²) in [6.07, 6.45) is 2.99. The van der Waals surface area contributed by atoms with Gasteiger partial charge in [-0.15, -0.1) is 16.2 Å². The first-order valence-electron chi connectivity index (χ1n) is 7.52. The number of carbonyl (C=O) groups is 1. The molecule has 10 heteroatoms. The molecule has 1 aliphatic rings. The number of aromatic nitrogens is 1. The number of hydrogen-bond acceptors (Lipinski definition) is 5. The zero-order valence-corrected chi connectivity index (χ0v) is 16.3. The molecule has 1 atom stereocenters. The first-order chi connectivity index (χ1) is 11.8. The lowest BCUT2D eigenvalue weighted by Gasteiger charge is -2.16. The Morgan fingerprint density at radius 3 is 2.84 bits per heavy atom. The molecule has 0 saturated heterocycles. The van der Waals surface area contributed by atoms with E-state index >= 15 is 0 Å². The van der Waals surface area contributed by atoms with Crippen LogP contribution in [0.4, 0.5) is 0 Å². The van der Waals surface area contributed by atoms with Crippen molar-refractivity contribution < 1.29 is 13.2 Å². The van der Waals surface area contributed by atoms with E-state index in [2.05, 4.69) is 17.3 Å². The lowest BCUT2D eigenvalue weighted by atomic mass is 9.90. The van der Waals surface area contributed by atoms with Crippen LogP contribution in [0, 0.1) is 5.92 Å². The molecule has 0 spiro atoms. The Bertz CT molecular complexity index is 928.